The van der Waals surface area contributed by atoms with E-state index in [2.05, 4.69) is 10.6 Å². The summed E-state index contributed by atoms with van der Waals surface area (Å²) in [5.74, 6) is 2.22. The molecule has 5 nitrogen and oxygen atoms in total. The molecule has 3 rings (SSSR count). The van der Waals surface area contributed by atoms with Crippen molar-refractivity contribution >= 4 is 41.7 Å². The molecule has 26 heavy (non-hydrogen) atoms. The maximum Gasteiger partial charge on any atom is 0.253 e. The van der Waals surface area contributed by atoms with Crippen LogP contribution in [0, 0.1) is 0 Å². The van der Waals surface area contributed by atoms with Gasteiger partial charge in [-0.1, -0.05) is 12.8 Å². The molecule has 144 valence electrons. The molecule has 1 aromatic carbocycles. The summed E-state index contributed by atoms with van der Waals surface area (Å²) >= 11 is 1.89. The molecule has 2 aliphatic heterocycles. The van der Waals surface area contributed by atoms with Gasteiger partial charge in [0.05, 0.1) is 0 Å². The van der Waals surface area contributed by atoms with Crippen molar-refractivity contribution in [2.45, 2.75) is 38.1 Å². The number of hydrogen-bond acceptors (Lipinski definition) is 4. The van der Waals surface area contributed by atoms with Crippen molar-refractivity contribution in [1.82, 2.24) is 10.2 Å². The molecule has 1 unspecified atom stereocenters. The summed E-state index contributed by atoms with van der Waals surface area (Å²) < 4.78 is 0. The number of nitrogens with zero attached hydrogens (tertiary/aromatic N) is 1. The molecule has 7 heteroatoms. The Morgan fingerprint density at radius 2 is 1.81 bits per heavy atom. The van der Waals surface area contributed by atoms with E-state index in [9.17, 15) is 9.59 Å². The number of likely N-dealkylation sites (tertiary alicyclic amines) is 1. The van der Waals surface area contributed by atoms with Gasteiger partial charge in [0.25, 0.3) is 5.91 Å². The Kier molecular flexibility index (Phi) is 8.75. The first-order chi connectivity index (χ1) is 12.2. The minimum atomic E-state index is 0. The van der Waals surface area contributed by atoms with E-state index in [0.717, 1.165) is 49.7 Å². The van der Waals surface area contributed by atoms with Crippen molar-refractivity contribution in [2.24, 2.45) is 0 Å². The summed E-state index contributed by atoms with van der Waals surface area (Å²) in [7, 11) is 0. The first-order valence-electron chi connectivity index (χ1n) is 9.23. The number of anilines is 1. The topological polar surface area (TPSA) is 61.4 Å². The maximum atomic E-state index is 12.6. The van der Waals surface area contributed by atoms with Gasteiger partial charge in [0.2, 0.25) is 5.91 Å². The smallest absolute Gasteiger partial charge is 0.253 e. The van der Waals surface area contributed by atoms with Gasteiger partial charge in [-0.05, 0) is 37.1 Å². The van der Waals surface area contributed by atoms with Gasteiger partial charge in [-0.15, -0.1) is 12.4 Å². The summed E-state index contributed by atoms with van der Waals surface area (Å²) in [5.41, 5.74) is 1.45. The molecular weight excluding hydrogens is 370 g/mol. The molecule has 0 saturated carbocycles. The number of halogens is 1. The Morgan fingerprint density at radius 3 is 2.42 bits per heavy atom. The van der Waals surface area contributed by atoms with Gasteiger partial charge in [0.15, 0.2) is 0 Å². The van der Waals surface area contributed by atoms with Gasteiger partial charge >= 0.3 is 0 Å². The summed E-state index contributed by atoms with van der Waals surface area (Å²) in [6.45, 7) is 2.67. The normalized spacial score (nSPS) is 20.6. The minimum Gasteiger partial charge on any atom is -0.339 e. The second kappa shape index (κ2) is 10.8. The molecule has 2 fully saturated rings. The number of carbonyl (C=O) groups is 2. The van der Waals surface area contributed by atoms with Crippen LogP contribution >= 0.6 is 24.2 Å². The van der Waals surface area contributed by atoms with Crippen molar-refractivity contribution in [2.75, 3.05) is 36.5 Å². The zero-order valence-electron chi connectivity index (χ0n) is 15.0. The summed E-state index contributed by atoms with van der Waals surface area (Å²) in [6.07, 6.45) is 5.09. The number of thioether (sulfide) groups is 1. The van der Waals surface area contributed by atoms with E-state index < -0.39 is 0 Å². The number of benzene rings is 1. The molecule has 0 aliphatic carbocycles. The van der Waals surface area contributed by atoms with Crippen LogP contribution in [-0.2, 0) is 4.79 Å². The fourth-order valence-electron chi connectivity index (χ4n) is 3.34. The molecule has 2 saturated heterocycles. The van der Waals surface area contributed by atoms with Gasteiger partial charge in [0.1, 0.15) is 0 Å². The molecular formula is C19H28ClN3O2S. The fourth-order valence-corrected chi connectivity index (χ4v) is 4.29. The highest BCUT2D eigenvalue weighted by molar-refractivity contribution is 7.99. The van der Waals surface area contributed by atoms with E-state index in [1.807, 2.05) is 40.9 Å². The number of nitrogens with one attached hydrogen (secondary N) is 2. The molecule has 0 bridgehead atoms. The Balaban J connectivity index is 0.00000243. The lowest BCUT2D eigenvalue weighted by Crippen LogP contribution is -2.39. The van der Waals surface area contributed by atoms with Gasteiger partial charge in [-0.3, -0.25) is 9.59 Å². The monoisotopic (exact) mass is 397 g/mol. The van der Waals surface area contributed by atoms with Gasteiger partial charge in [0, 0.05) is 54.9 Å². The number of hydrogen-bond donors (Lipinski definition) is 2. The Hall–Kier alpha value is -1.24. The number of carbonyl (C=O) groups excluding carboxylic acids is 2. The predicted molar refractivity (Wildman–Crippen MR) is 110 cm³/mol. The number of rotatable bonds is 4. The lowest BCUT2D eigenvalue weighted by atomic mass is 10.1. The first kappa shape index (κ1) is 21.1. The van der Waals surface area contributed by atoms with Crippen molar-refractivity contribution in [3.05, 3.63) is 29.8 Å². The van der Waals surface area contributed by atoms with Crippen LogP contribution in [0.3, 0.4) is 0 Å². The van der Waals surface area contributed by atoms with Crippen molar-refractivity contribution in [3.8, 4) is 0 Å². The van der Waals surface area contributed by atoms with Crippen molar-refractivity contribution in [3.63, 3.8) is 0 Å². The van der Waals surface area contributed by atoms with Crippen LogP contribution in [0.1, 0.15) is 42.5 Å². The van der Waals surface area contributed by atoms with Crippen LogP contribution in [0.5, 0.6) is 0 Å². The third-order valence-electron chi connectivity index (χ3n) is 4.74. The SMILES string of the molecule is Cl.O=C(CC1CSCCN1)Nc1ccc(C(=O)N2CCCCCC2)cc1. The molecule has 2 heterocycles. The highest BCUT2D eigenvalue weighted by Crippen LogP contribution is 2.16. The molecule has 0 spiro atoms. The van der Waals surface area contributed by atoms with Crippen LogP contribution < -0.4 is 10.6 Å². The molecule has 2 N–H and O–H groups in total. The predicted octanol–water partition coefficient (Wildman–Crippen LogP) is 3.16. The number of amides is 2. The summed E-state index contributed by atoms with van der Waals surface area (Å²) in [6, 6.07) is 7.54. The van der Waals surface area contributed by atoms with Crippen LogP contribution in [0.15, 0.2) is 24.3 Å². The van der Waals surface area contributed by atoms with Crippen LogP contribution in [0.4, 0.5) is 5.69 Å². The second-order valence-electron chi connectivity index (χ2n) is 6.76. The van der Waals surface area contributed by atoms with E-state index in [0.29, 0.717) is 12.0 Å². The van der Waals surface area contributed by atoms with E-state index >= 15 is 0 Å². The van der Waals surface area contributed by atoms with Crippen LogP contribution in [0.2, 0.25) is 0 Å². The van der Waals surface area contributed by atoms with E-state index in [-0.39, 0.29) is 30.3 Å². The lowest BCUT2D eigenvalue weighted by Gasteiger charge is -2.22. The second-order valence-corrected chi connectivity index (χ2v) is 7.91. The average molecular weight is 398 g/mol. The van der Waals surface area contributed by atoms with Gasteiger partial charge < -0.3 is 15.5 Å². The summed E-state index contributed by atoms with van der Waals surface area (Å²) in [4.78, 5) is 26.7. The highest BCUT2D eigenvalue weighted by Gasteiger charge is 2.18. The Morgan fingerprint density at radius 1 is 1.12 bits per heavy atom. The molecule has 1 atom stereocenters. The Labute approximate surface area is 166 Å². The average Bonchev–Trinajstić information content (AvgIpc) is 2.92. The van der Waals surface area contributed by atoms with Crippen LogP contribution in [-0.4, -0.2) is 53.9 Å². The third kappa shape index (κ3) is 6.18. The Bertz CT molecular complexity index is 583. The van der Waals surface area contributed by atoms with Gasteiger partial charge in [-0.25, -0.2) is 0 Å². The molecule has 2 aliphatic rings. The highest BCUT2D eigenvalue weighted by atomic mass is 35.5. The quantitative estimate of drug-likeness (QED) is 0.819. The third-order valence-corrected chi connectivity index (χ3v) is 5.87. The van der Waals surface area contributed by atoms with E-state index in [4.69, 9.17) is 0 Å². The first-order valence-corrected chi connectivity index (χ1v) is 10.4. The van der Waals surface area contributed by atoms with Gasteiger partial charge in [-0.2, -0.15) is 11.8 Å². The maximum absolute atomic E-state index is 12.6. The molecule has 1 aromatic rings. The van der Waals surface area contributed by atoms with E-state index in [1.54, 1.807) is 0 Å². The lowest BCUT2D eigenvalue weighted by molar-refractivity contribution is -0.116. The van der Waals surface area contributed by atoms with Crippen molar-refractivity contribution in [1.29, 1.82) is 0 Å². The zero-order chi connectivity index (χ0) is 17.5. The fraction of sp³-hybridized carbons (Fsp3) is 0.579. The van der Waals surface area contributed by atoms with Crippen LogP contribution in [0.25, 0.3) is 0 Å². The zero-order valence-corrected chi connectivity index (χ0v) is 16.7. The largest absolute Gasteiger partial charge is 0.339 e. The molecule has 0 aromatic heterocycles. The standard InChI is InChI=1S/C19H27N3O2S.ClH/c23-18(13-17-14-25-12-9-20-17)21-16-7-5-15(6-8-16)19(24)22-10-3-1-2-4-11-22;/h5-8,17,20H,1-4,9-14H2,(H,21,23);1H. The minimum absolute atomic E-state index is 0. The molecule has 2 amide bonds. The van der Waals surface area contributed by atoms with E-state index in [1.165, 1.54) is 12.8 Å². The van der Waals surface area contributed by atoms with Crippen molar-refractivity contribution < 1.29 is 9.59 Å². The summed E-state index contributed by atoms with van der Waals surface area (Å²) in [5, 5.41) is 6.30. The molecule has 0 radical (unpaired) electrons.